The van der Waals surface area contributed by atoms with E-state index >= 15 is 0 Å². The van der Waals surface area contributed by atoms with E-state index in [2.05, 4.69) is 21.4 Å². The van der Waals surface area contributed by atoms with Crippen LogP contribution in [-0.4, -0.2) is 22.4 Å². The first-order valence-electron chi connectivity index (χ1n) is 8.83. The summed E-state index contributed by atoms with van der Waals surface area (Å²) < 4.78 is 38.6. The summed E-state index contributed by atoms with van der Waals surface area (Å²) in [7, 11) is 0. The SMILES string of the molecule is N#C[C@@]1(C2CC2)CCN(c2ccnc(Nc3cc(C(F)(F)F)ccn3)c2)C1=O. The fourth-order valence-corrected chi connectivity index (χ4v) is 3.60. The number of pyridine rings is 2. The molecule has 1 aliphatic carbocycles. The van der Waals surface area contributed by atoms with Crippen molar-refractivity contribution in [2.45, 2.75) is 25.4 Å². The van der Waals surface area contributed by atoms with Crippen LogP contribution in [0.1, 0.15) is 24.8 Å². The van der Waals surface area contributed by atoms with Crippen molar-refractivity contribution >= 4 is 23.2 Å². The molecule has 0 aromatic carbocycles. The molecule has 2 aromatic rings. The van der Waals surface area contributed by atoms with Gasteiger partial charge in [0.15, 0.2) is 0 Å². The number of aromatic nitrogens is 2. The largest absolute Gasteiger partial charge is 0.416 e. The van der Waals surface area contributed by atoms with Crippen molar-refractivity contribution in [1.29, 1.82) is 5.26 Å². The lowest BCUT2D eigenvalue weighted by atomic mass is 9.83. The molecule has 3 heterocycles. The van der Waals surface area contributed by atoms with Crippen LogP contribution in [0.25, 0.3) is 0 Å². The van der Waals surface area contributed by atoms with Gasteiger partial charge in [-0.3, -0.25) is 4.79 Å². The topological polar surface area (TPSA) is 81.9 Å². The summed E-state index contributed by atoms with van der Waals surface area (Å²) in [6, 6.07) is 7.21. The Morgan fingerprint density at radius 3 is 2.50 bits per heavy atom. The predicted octanol–water partition coefficient (Wildman–Crippen LogP) is 3.90. The molecule has 2 aromatic heterocycles. The molecule has 1 N–H and O–H groups in total. The van der Waals surface area contributed by atoms with Gasteiger partial charge in [-0.15, -0.1) is 0 Å². The van der Waals surface area contributed by atoms with E-state index < -0.39 is 17.2 Å². The molecule has 144 valence electrons. The van der Waals surface area contributed by atoms with Crippen LogP contribution in [0.15, 0.2) is 36.7 Å². The summed E-state index contributed by atoms with van der Waals surface area (Å²) in [4.78, 5) is 22.4. The maximum atomic E-state index is 12.9. The number of carbonyl (C=O) groups excluding carboxylic acids is 1. The van der Waals surface area contributed by atoms with Crippen LogP contribution in [0.4, 0.5) is 30.5 Å². The summed E-state index contributed by atoms with van der Waals surface area (Å²) in [6.07, 6.45) is 0.306. The van der Waals surface area contributed by atoms with Gasteiger partial charge in [0.1, 0.15) is 17.1 Å². The Morgan fingerprint density at radius 2 is 1.86 bits per heavy atom. The predicted molar refractivity (Wildman–Crippen MR) is 94.5 cm³/mol. The molecule has 0 bridgehead atoms. The third kappa shape index (κ3) is 3.15. The molecule has 0 unspecified atom stereocenters. The Labute approximate surface area is 159 Å². The molecule has 28 heavy (non-hydrogen) atoms. The van der Waals surface area contributed by atoms with E-state index in [1.165, 1.54) is 6.20 Å². The van der Waals surface area contributed by atoms with Crippen molar-refractivity contribution in [1.82, 2.24) is 9.97 Å². The number of carbonyl (C=O) groups is 1. The lowest BCUT2D eigenvalue weighted by Gasteiger charge is -2.21. The second-order valence-corrected chi connectivity index (χ2v) is 7.02. The molecule has 6 nitrogen and oxygen atoms in total. The number of amides is 1. The van der Waals surface area contributed by atoms with Crippen LogP contribution in [-0.2, 0) is 11.0 Å². The van der Waals surface area contributed by atoms with Crippen LogP contribution in [0.5, 0.6) is 0 Å². The first-order chi connectivity index (χ1) is 13.3. The standard InChI is InChI=1S/C19H16F3N5O/c20-19(21,22)13-3-6-24-15(9-13)26-16-10-14(4-7-25-16)27-8-5-18(11-23,17(27)28)12-1-2-12/h3-4,6-7,9-10,12H,1-2,5,8H2,(H,24,25,26)/t18-/m1/s1. The number of nitrogens with zero attached hydrogens (tertiary/aromatic N) is 4. The minimum absolute atomic E-state index is 0.00317. The quantitative estimate of drug-likeness (QED) is 0.861. The number of anilines is 3. The Hall–Kier alpha value is -3.15. The van der Waals surface area contributed by atoms with Gasteiger partial charge in [0.25, 0.3) is 0 Å². The van der Waals surface area contributed by atoms with E-state index in [0.29, 0.717) is 18.7 Å². The maximum absolute atomic E-state index is 12.9. The normalized spacial score (nSPS) is 22.2. The molecule has 1 saturated heterocycles. The second-order valence-electron chi connectivity index (χ2n) is 7.02. The Morgan fingerprint density at radius 1 is 1.18 bits per heavy atom. The average Bonchev–Trinajstić information content (AvgIpc) is 3.46. The highest BCUT2D eigenvalue weighted by atomic mass is 19.4. The maximum Gasteiger partial charge on any atom is 0.416 e. The summed E-state index contributed by atoms with van der Waals surface area (Å²) in [5.74, 6) is 0.158. The zero-order valence-corrected chi connectivity index (χ0v) is 14.7. The Balaban J connectivity index is 1.56. The van der Waals surface area contributed by atoms with Crippen molar-refractivity contribution in [3.63, 3.8) is 0 Å². The molecule has 9 heteroatoms. The fraction of sp³-hybridized carbons (Fsp3) is 0.368. The molecular weight excluding hydrogens is 371 g/mol. The first kappa shape index (κ1) is 18.2. The van der Waals surface area contributed by atoms with Crippen molar-refractivity contribution in [3.05, 3.63) is 42.2 Å². The summed E-state index contributed by atoms with van der Waals surface area (Å²) in [6.45, 7) is 0.425. The third-order valence-electron chi connectivity index (χ3n) is 5.23. The molecule has 1 amide bonds. The van der Waals surface area contributed by atoms with Gasteiger partial charge < -0.3 is 10.2 Å². The van der Waals surface area contributed by atoms with Gasteiger partial charge in [-0.1, -0.05) is 0 Å². The van der Waals surface area contributed by atoms with E-state index in [9.17, 15) is 23.2 Å². The van der Waals surface area contributed by atoms with Crippen molar-refractivity contribution in [3.8, 4) is 6.07 Å². The van der Waals surface area contributed by atoms with Crippen LogP contribution in [0, 0.1) is 22.7 Å². The van der Waals surface area contributed by atoms with E-state index in [4.69, 9.17) is 0 Å². The number of alkyl halides is 3. The number of rotatable bonds is 4. The molecule has 2 fully saturated rings. The highest BCUT2D eigenvalue weighted by Gasteiger charge is 2.56. The first-order valence-corrected chi connectivity index (χ1v) is 8.83. The van der Waals surface area contributed by atoms with Crippen molar-refractivity contribution in [2.75, 3.05) is 16.8 Å². The van der Waals surface area contributed by atoms with E-state index in [1.807, 2.05) is 0 Å². The van der Waals surface area contributed by atoms with Crippen LogP contribution < -0.4 is 10.2 Å². The lowest BCUT2D eigenvalue weighted by molar-refractivity contribution is -0.137. The fourth-order valence-electron chi connectivity index (χ4n) is 3.60. The number of hydrogen-bond acceptors (Lipinski definition) is 5. The number of hydrogen-bond donors (Lipinski definition) is 1. The van der Waals surface area contributed by atoms with Gasteiger partial charge in [0.2, 0.25) is 5.91 Å². The van der Waals surface area contributed by atoms with Crippen molar-refractivity contribution < 1.29 is 18.0 Å². The summed E-state index contributed by atoms with van der Waals surface area (Å²) in [5.41, 5.74) is -1.23. The zero-order valence-electron chi connectivity index (χ0n) is 14.7. The molecule has 1 atom stereocenters. The van der Waals surface area contributed by atoms with Crippen LogP contribution >= 0.6 is 0 Å². The van der Waals surface area contributed by atoms with Crippen LogP contribution in [0.2, 0.25) is 0 Å². The molecule has 4 rings (SSSR count). The minimum atomic E-state index is -4.47. The highest BCUT2D eigenvalue weighted by Crippen LogP contribution is 2.51. The Kier molecular flexibility index (Phi) is 4.22. The van der Waals surface area contributed by atoms with Gasteiger partial charge in [0.05, 0.1) is 11.6 Å². The molecule has 0 radical (unpaired) electrons. The number of nitriles is 1. The summed E-state index contributed by atoms with van der Waals surface area (Å²) >= 11 is 0. The second kappa shape index (κ2) is 6.48. The van der Waals surface area contributed by atoms with E-state index in [0.717, 1.165) is 31.2 Å². The zero-order chi connectivity index (χ0) is 19.9. The molecule has 1 aliphatic heterocycles. The van der Waals surface area contributed by atoms with Crippen LogP contribution in [0.3, 0.4) is 0 Å². The molecular formula is C19H16F3N5O. The monoisotopic (exact) mass is 387 g/mol. The highest BCUT2D eigenvalue weighted by molar-refractivity contribution is 6.02. The van der Waals surface area contributed by atoms with Gasteiger partial charge in [-0.25, -0.2) is 9.97 Å². The molecule has 2 aliphatic rings. The van der Waals surface area contributed by atoms with Gasteiger partial charge >= 0.3 is 6.18 Å². The summed E-state index contributed by atoms with van der Waals surface area (Å²) in [5, 5.41) is 12.3. The average molecular weight is 387 g/mol. The van der Waals surface area contributed by atoms with E-state index in [-0.39, 0.29) is 23.5 Å². The lowest BCUT2D eigenvalue weighted by Crippen LogP contribution is -2.35. The van der Waals surface area contributed by atoms with Gasteiger partial charge in [-0.2, -0.15) is 18.4 Å². The number of nitrogens with one attached hydrogen (secondary N) is 1. The van der Waals surface area contributed by atoms with Gasteiger partial charge in [-0.05, 0) is 43.4 Å². The third-order valence-corrected chi connectivity index (χ3v) is 5.23. The molecule has 1 saturated carbocycles. The smallest absolute Gasteiger partial charge is 0.325 e. The van der Waals surface area contributed by atoms with Crippen molar-refractivity contribution in [2.24, 2.45) is 11.3 Å². The number of halogens is 3. The van der Waals surface area contributed by atoms with E-state index in [1.54, 1.807) is 17.0 Å². The Bertz CT molecular complexity index is 967. The minimum Gasteiger partial charge on any atom is -0.325 e. The van der Waals surface area contributed by atoms with Gasteiger partial charge in [0, 0.05) is 30.7 Å². The molecule has 0 spiro atoms.